The average Bonchev–Trinajstić information content (AvgIpc) is 3.14. The zero-order chi connectivity index (χ0) is 18.5. The predicted octanol–water partition coefficient (Wildman–Crippen LogP) is 2.56. The van der Waals surface area contributed by atoms with E-state index in [2.05, 4.69) is 10.1 Å². The summed E-state index contributed by atoms with van der Waals surface area (Å²) >= 11 is 0. The molecular weight excluding hydrogens is 346 g/mol. The summed E-state index contributed by atoms with van der Waals surface area (Å²) in [5.41, 5.74) is 0. The summed E-state index contributed by atoms with van der Waals surface area (Å²) in [6.45, 7) is 4.55. The maximum Gasteiger partial charge on any atom is 0.233 e. The first-order valence-electron chi connectivity index (χ1n) is 10.6. The molecule has 1 saturated carbocycles. The van der Waals surface area contributed by atoms with E-state index in [1.54, 1.807) is 0 Å². The normalized spacial score (nSPS) is 22.7. The second-order valence-corrected chi connectivity index (χ2v) is 8.20. The van der Waals surface area contributed by atoms with Crippen molar-refractivity contribution in [2.45, 2.75) is 57.3 Å². The summed E-state index contributed by atoms with van der Waals surface area (Å²) in [6, 6.07) is 0. The van der Waals surface area contributed by atoms with Crippen LogP contribution in [0.4, 0.5) is 0 Å². The molecule has 0 N–H and O–H groups in total. The van der Waals surface area contributed by atoms with Gasteiger partial charge < -0.3 is 18.9 Å². The van der Waals surface area contributed by atoms with Crippen molar-refractivity contribution in [2.24, 2.45) is 11.8 Å². The van der Waals surface area contributed by atoms with Gasteiger partial charge in [0.05, 0.1) is 12.5 Å². The van der Waals surface area contributed by atoms with Crippen LogP contribution in [0.2, 0.25) is 0 Å². The van der Waals surface area contributed by atoms with Gasteiger partial charge in [0.1, 0.15) is 0 Å². The lowest BCUT2D eigenvalue weighted by Gasteiger charge is -2.39. The van der Waals surface area contributed by atoms with E-state index in [1.807, 2.05) is 4.90 Å². The molecule has 27 heavy (non-hydrogen) atoms. The van der Waals surface area contributed by atoms with Crippen molar-refractivity contribution in [1.29, 1.82) is 0 Å². The molecule has 0 bridgehead atoms. The Bertz CT molecular complexity index is 602. The van der Waals surface area contributed by atoms with Crippen LogP contribution in [-0.2, 0) is 20.7 Å². The van der Waals surface area contributed by atoms with Crippen LogP contribution < -0.4 is 0 Å². The molecule has 0 radical (unpaired) electrons. The van der Waals surface area contributed by atoms with Crippen molar-refractivity contribution in [1.82, 2.24) is 15.0 Å². The predicted molar refractivity (Wildman–Crippen MR) is 98.3 cm³/mol. The molecule has 3 heterocycles. The SMILES string of the molecule is O=C(C1CCCCC1)N1CC(c2nc(CCOCC3CCOCC3)no2)C1. The molecule has 3 aliphatic rings. The summed E-state index contributed by atoms with van der Waals surface area (Å²) in [4.78, 5) is 19.0. The standard InChI is InChI=1S/C20H31N3O4/c24-20(16-4-2-1-3-5-16)23-12-17(13-23)19-21-18(22-27-19)8-11-26-14-15-6-9-25-10-7-15/h15-17H,1-14H2. The molecule has 0 spiro atoms. The lowest BCUT2D eigenvalue weighted by molar-refractivity contribution is -0.141. The van der Waals surface area contributed by atoms with Crippen LogP contribution in [0.3, 0.4) is 0 Å². The Morgan fingerprint density at radius 1 is 1.11 bits per heavy atom. The third-order valence-electron chi connectivity index (χ3n) is 6.15. The lowest BCUT2D eigenvalue weighted by Crippen LogP contribution is -2.51. The van der Waals surface area contributed by atoms with Gasteiger partial charge in [-0.2, -0.15) is 4.98 Å². The van der Waals surface area contributed by atoms with Crippen LogP contribution in [0.25, 0.3) is 0 Å². The molecule has 2 saturated heterocycles. The third kappa shape index (κ3) is 4.88. The monoisotopic (exact) mass is 377 g/mol. The zero-order valence-corrected chi connectivity index (χ0v) is 16.1. The molecule has 150 valence electrons. The first kappa shape index (κ1) is 18.9. The average molecular weight is 377 g/mol. The summed E-state index contributed by atoms with van der Waals surface area (Å²) in [5.74, 6) is 2.75. The quantitative estimate of drug-likeness (QED) is 0.680. The summed E-state index contributed by atoms with van der Waals surface area (Å²) in [6.07, 6.45) is 8.61. The fourth-order valence-electron chi connectivity index (χ4n) is 4.28. The third-order valence-corrected chi connectivity index (χ3v) is 6.15. The molecule has 7 nitrogen and oxygen atoms in total. The smallest absolute Gasteiger partial charge is 0.233 e. The van der Waals surface area contributed by atoms with Gasteiger partial charge in [0.25, 0.3) is 0 Å². The number of hydrogen-bond donors (Lipinski definition) is 0. The van der Waals surface area contributed by atoms with Gasteiger partial charge in [0, 0.05) is 45.2 Å². The number of rotatable bonds is 7. The van der Waals surface area contributed by atoms with Gasteiger partial charge in [0.2, 0.25) is 11.8 Å². The van der Waals surface area contributed by atoms with Gasteiger partial charge in [-0.25, -0.2) is 0 Å². The number of amides is 1. The van der Waals surface area contributed by atoms with Gasteiger partial charge in [-0.05, 0) is 31.6 Å². The minimum atomic E-state index is 0.196. The van der Waals surface area contributed by atoms with E-state index in [0.29, 0.717) is 36.6 Å². The second kappa shape index (κ2) is 9.15. The molecular formula is C20H31N3O4. The van der Waals surface area contributed by atoms with Crippen molar-refractivity contribution >= 4 is 5.91 Å². The maximum absolute atomic E-state index is 12.5. The molecule has 1 aromatic heterocycles. The molecule has 7 heteroatoms. The summed E-state index contributed by atoms with van der Waals surface area (Å²) < 4.78 is 16.6. The zero-order valence-electron chi connectivity index (χ0n) is 16.1. The molecule has 1 amide bonds. The minimum absolute atomic E-state index is 0.196. The van der Waals surface area contributed by atoms with Crippen molar-refractivity contribution in [2.75, 3.05) is 39.5 Å². The number of ether oxygens (including phenoxy) is 2. The summed E-state index contributed by atoms with van der Waals surface area (Å²) in [5, 5.41) is 4.07. The highest BCUT2D eigenvalue weighted by Crippen LogP contribution is 2.31. The van der Waals surface area contributed by atoms with Crippen LogP contribution in [0.5, 0.6) is 0 Å². The van der Waals surface area contributed by atoms with E-state index >= 15 is 0 Å². The molecule has 2 aliphatic heterocycles. The van der Waals surface area contributed by atoms with E-state index in [9.17, 15) is 4.79 Å². The Morgan fingerprint density at radius 3 is 2.67 bits per heavy atom. The number of hydrogen-bond acceptors (Lipinski definition) is 6. The van der Waals surface area contributed by atoms with Crippen LogP contribution in [0.15, 0.2) is 4.52 Å². The molecule has 3 fully saturated rings. The molecule has 1 aliphatic carbocycles. The van der Waals surface area contributed by atoms with Crippen molar-refractivity contribution in [3.8, 4) is 0 Å². The van der Waals surface area contributed by atoms with Gasteiger partial charge in [-0.15, -0.1) is 0 Å². The highest BCUT2D eigenvalue weighted by atomic mass is 16.5. The molecule has 0 unspecified atom stereocenters. The Morgan fingerprint density at radius 2 is 1.89 bits per heavy atom. The van der Waals surface area contributed by atoms with E-state index in [-0.39, 0.29) is 11.8 Å². The van der Waals surface area contributed by atoms with Crippen molar-refractivity contribution < 1.29 is 18.8 Å². The molecule has 1 aromatic rings. The van der Waals surface area contributed by atoms with Crippen LogP contribution in [-0.4, -0.2) is 60.5 Å². The van der Waals surface area contributed by atoms with Crippen LogP contribution >= 0.6 is 0 Å². The van der Waals surface area contributed by atoms with Crippen LogP contribution in [0, 0.1) is 11.8 Å². The largest absolute Gasteiger partial charge is 0.381 e. The highest BCUT2D eigenvalue weighted by molar-refractivity contribution is 5.79. The van der Waals surface area contributed by atoms with Gasteiger partial charge >= 0.3 is 0 Å². The topological polar surface area (TPSA) is 77.7 Å². The Kier molecular flexibility index (Phi) is 6.39. The van der Waals surface area contributed by atoms with E-state index in [0.717, 1.165) is 58.6 Å². The van der Waals surface area contributed by atoms with E-state index in [1.165, 1.54) is 19.3 Å². The van der Waals surface area contributed by atoms with E-state index in [4.69, 9.17) is 14.0 Å². The highest BCUT2D eigenvalue weighted by Gasteiger charge is 2.38. The van der Waals surface area contributed by atoms with Crippen LogP contribution in [0.1, 0.15) is 62.6 Å². The lowest BCUT2D eigenvalue weighted by atomic mass is 9.86. The molecule has 4 rings (SSSR count). The molecule has 0 atom stereocenters. The molecule has 0 aromatic carbocycles. The van der Waals surface area contributed by atoms with Crippen molar-refractivity contribution in [3.63, 3.8) is 0 Å². The van der Waals surface area contributed by atoms with Crippen molar-refractivity contribution in [3.05, 3.63) is 11.7 Å². The first-order chi connectivity index (χ1) is 13.3. The van der Waals surface area contributed by atoms with Gasteiger partial charge in [-0.1, -0.05) is 24.4 Å². The maximum atomic E-state index is 12.5. The number of nitrogens with zero attached hydrogens (tertiary/aromatic N) is 3. The number of aromatic nitrogens is 2. The second-order valence-electron chi connectivity index (χ2n) is 8.20. The number of carbonyl (C=O) groups excluding carboxylic acids is 1. The number of likely N-dealkylation sites (tertiary alicyclic amines) is 1. The fraction of sp³-hybridized carbons (Fsp3) is 0.850. The first-order valence-corrected chi connectivity index (χ1v) is 10.6. The minimum Gasteiger partial charge on any atom is -0.381 e. The number of carbonyl (C=O) groups is 1. The van der Waals surface area contributed by atoms with Gasteiger partial charge in [0.15, 0.2) is 5.82 Å². The van der Waals surface area contributed by atoms with Gasteiger partial charge in [-0.3, -0.25) is 4.79 Å². The Balaban J connectivity index is 1.15. The van der Waals surface area contributed by atoms with E-state index < -0.39 is 0 Å². The fourth-order valence-corrected chi connectivity index (χ4v) is 4.28. The summed E-state index contributed by atoms with van der Waals surface area (Å²) in [7, 11) is 0. The Hall–Kier alpha value is -1.47. The Labute approximate surface area is 160 Å².